The Balaban J connectivity index is 2.29. The fourth-order valence-corrected chi connectivity index (χ4v) is 3.30. The number of methoxy groups -OCH3 is 1. The van der Waals surface area contributed by atoms with Gasteiger partial charge in [0.2, 0.25) is 17.6 Å². The third kappa shape index (κ3) is 5.53. The Hall–Kier alpha value is -3.48. The van der Waals surface area contributed by atoms with Crippen molar-refractivity contribution in [2.24, 2.45) is 0 Å². The lowest BCUT2D eigenvalue weighted by molar-refractivity contribution is -0.387. The van der Waals surface area contributed by atoms with E-state index in [1.807, 2.05) is 0 Å². The van der Waals surface area contributed by atoms with Gasteiger partial charge >= 0.3 is 11.7 Å². The van der Waals surface area contributed by atoms with Gasteiger partial charge in [0.05, 0.1) is 24.0 Å². The van der Waals surface area contributed by atoms with Crippen molar-refractivity contribution in [1.82, 2.24) is 9.97 Å². The van der Waals surface area contributed by atoms with E-state index in [1.165, 1.54) is 0 Å². The average molecular weight is 440 g/mol. The van der Waals surface area contributed by atoms with E-state index in [0.717, 1.165) is 25.3 Å². The highest BCUT2D eigenvalue weighted by Gasteiger charge is 2.26. The second kappa shape index (κ2) is 9.82. The molecule has 0 aliphatic heterocycles. The van der Waals surface area contributed by atoms with Gasteiger partial charge in [-0.1, -0.05) is 18.7 Å². The summed E-state index contributed by atoms with van der Waals surface area (Å²) in [6.45, 7) is 1.65. The number of esters is 1. The van der Waals surface area contributed by atoms with Crippen LogP contribution < -0.4 is 10.9 Å². The van der Waals surface area contributed by atoms with Crippen molar-refractivity contribution in [2.75, 3.05) is 12.4 Å². The molecule has 2 aromatic rings. The number of hydrogen-bond acceptors (Lipinski definition) is 9. The van der Waals surface area contributed by atoms with E-state index < -0.39 is 51.4 Å². The van der Waals surface area contributed by atoms with Crippen LogP contribution in [0.25, 0.3) is 0 Å². The third-order valence-electron chi connectivity index (χ3n) is 3.86. The lowest BCUT2D eigenvalue weighted by Gasteiger charge is -2.15. The Morgan fingerprint density at radius 2 is 2.17 bits per heavy atom. The smallest absolute Gasteiger partial charge is 0.307 e. The molecule has 160 valence electrons. The van der Waals surface area contributed by atoms with E-state index in [4.69, 9.17) is 0 Å². The highest BCUT2D eigenvalue weighted by atomic mass is 32.2. The Labute approximate surface area is 172 Å². The number of hydrogen-bond donors (Lipinski definition) is 3. The first-order chi connectivity index (χ1) is 14.2. The number of anilines is 1. The number of amides is 1. The minimum absolute atomic E-state index is 0.0620. The molecule has 2 rings (SSSR count). The van der Waals surface area contributed by atoms with Gasteiger partial charge in [-0.25, -0.2) is 0 Å². The number of H-pyrrole nitrogens is 1. The molecule has 0 saturated carbocycles. The Kier molecular flexibility index (Phi) is 7.47. The molecular formula is C17H17FN4O7S. The number of thioether (sulfide) groups is 1. The minimum Gasteiger partial charge on any atom is -0.493 e. The molecule has 0 radical (unpaired) electrons. The molecule has 0 saturated heterocycles. The van der Waals surface area contributed by atoms with Crippen molar-refractivity contribution in [3.05, 3.63) is 50.0 Å². The number of aromatic amines is 1. The number of halogens is 1. The van der Waals surface area contributed by atoms with Crippen LogP contribution >= 0.6 is 11.8 Å². The highest BCUT2D eigenvalue weighted by molar-refractivity contribution is 8.00. The third-order valence-corrected chi connectivity index (χ3v) is 4.94. The quantitative estimate of drug-likeness (QED) is 0.182. The maximum absolute atomic E-state index is 13.5. The van der Waals surface area contributed by atoms with E-state index in [0.29, 0.717) is 11.8 Å². The lowest BCUT2D eigenvalue weighted by atomic mass is 10.2. The monoisotopic (exact) mass is 440 g/mol. The van der Waals surface area contributed by atoms with Crippen molar-refractivity contribution in [3.8, 4) is 5.88 Å². The fraction of sp³-hybridized carbons (Fsp3) is 0.294. The molecule has 3 N–H and O–H groups in total. The second-order valence-corrected chi connectivity index (χ2v) is 7.02. The van der Waals surface area contributed by atoms with Crippen LogP contribution in [0.2, 0.25) is 0 Å². The van der Waals surface area contributed by atoms with E-state index in [-0.39, 0.29) is 22.8 Å². The van der Waals surface area contributed by atoms with Gasteiger partial charge in [0.1, 0.15) is 5.25 Å². The maximum Gasteiger partial charge on any atom is 0.307 e. The van der Waals surface area contributed by atoms with Gasteiger partial charge in [-0.15, -0.1) is 0 Å². The molecule has 1 atom stereocenters. The van der Waals surface area contributed by atoms with Crippen LogP contribution in [0.15, 0.2) is 28.2 Å². The van der Waals surface area contributed by atoms with Gasteiger partial charge in [0, 0.05) is 11.8 Å². The van der Waals surface area contributed by atoms with Gasteiger partial charge in [0.25, 0.3) is 5.56 Å². The summed E-state index contributed by atoms with van der Waals surface area (Å²) in [5.41, 5.74) is -1.45. The summed E-state index contributed by atoms with van der Waals surface area (Å²) in [6, 6.07) is 2.76. The molecule has 0 spiro atoms. The van der Waals surface area contributed by atoms with E-state index >= 15 is 0 Å². The standard InChI is InChI=1S/C17H17FN4O7S/c1-3-9-14(24)20-17(21-15(9)25)30-12(7-13(23)29-2)16(26)19-8-4-5-10(18)11(6-8)22(27)28/h4-6,12H,3,7H2,1-2H3,(H,19,26)(H2,20,21,24,25). The zero-order chi connectivity index (χ0) is 22.4. The molecule has 1 unspecified atom stereocenters. The first kappa shape index (κ1) is 22.8. The van der Waals surface area contributed by atoms with E-state index in [9.17, 15) is 34.0 Å². The molecule has 1 aromatic heterocycles. The number of nitro benzene ring substituents is 1. The topological polar surface area (TPSA) is 165 Å². The largest absolute Gasteiger partial charge is 0.493 e. The van der Waals surface area contributed by atoms with Crippen molar-refractivity contribution >= 4 is 35.0 Å². The predicted molar refractivity (Wildman–Crippen MR) is 104 cm³/mol. The van der Waals surface area contributed by atoms with Gasteiger partial charge in [-0.05, 0) is 18.6 Å². The maximum atomic E-state index is 13.5. The number of carbonyl (C=O) groups excluding carboxylic acids is 2. The Bertz CT molecular complexity index is 1040. The molecule has 1 amide bonds. The zero-order valence-electron chi connectivity index (χ0n) is 15.8. The molecule has 0 aliphatic rings. The van der Waals surface area contributed by atoms with Gasteiger partial charge in [-0.3, -0.25) is 24.5 Å². The number of aromatic nitrogens is 2. The second-order valence-electron chi connectivity index (χ2n) is 5.83. The summed E-state index contributed by atoms with van der Waals surface area (Å²) >= 11 is 0.673. The Morgan fingerprint density at radius 3 is 2.73 bits per heavy atom. The zero-order valence-corrected chi connectivity index (χ0v) is 16.6. The van der Waals surface area contributed by atoms with Crippen molar-refractivity contribution in [3.63, 3.8) is 0 Å². The summed E-state index contributed by atoms with van der Waals surface area (Å²) in [4.78, 5) is 52.4. The number of aromatic hydroxyl groups is 1. The van der Waals surface area contributed by atoms with Crippen LogP contribution in [0.3, 0.4) is 0 Å². The van der Waals surface area contributed by atoms with Crippen LogP contribution in [0.5, 0.6) is 5.88 Å². The molecule has 0 bridgehead atoms. The molecule has 1 aromatic carbocycles. The lowest BCUT2D eigenvalue weighted by Crippen LogP contribution is -2.29. The number of nitrogens with one attached hydrogen (secondary N) is 2. The summed E-state index contributed by atoms with van der Waals surface area (Å²) in [5, 5.41) is 21.8. The summed E-state index contributed by atoms with van der Waals surface area (Å²) in [6.07, 6.45) is -0.204. The molecular weight excluding hydrogens is 423 g/mol. The average Bonchev–Trinajstić information content (AvgIpc) is 2.68. The minimum atomic E-state index is -1.18. The summed E-state index contributed by atoms with van der Waals surface area (Å²) in [7, 11) is 1.12. The van der Waals surface area contributed by atoms with Crippen LogP contribution in [0.4, 0.5) is 15.8 Å². The van der Waals surface area contributed by atoms with E-state index in [2.05, 4.69) is 20.0 Å². The molecule has 1 heterocycles. The molecule has 0 fully saturated rings. The highest BCUT2D eigenvalue weighted by Crippen LogP contribution is 2.27. The normalized spacial score (nSPS) is 11.6. The number of carbonyl (C=O) groups is 2. The summed E-state index contributed by atoms with van der Waals surface area (Å²) in [5.74, 6) is -3.11. The van der Waals surface area contributed by atoms with Crippen LogP contribution in [0.1, 0.15) is 18.9 Å². The molecule has 30 heavy (non-hydrogen) atoms. The van der Waals surface area contributed by atoms with Crippen molar-refractivity contribution in [2.45, 2.75) is 30.2 Å². The first-order valence-electron chi connectivity index (χ1n) is 8.46. The van der Waals surface area contributed by atoms with Crippen molar-refractivity contribution in [1.29, 1.82) is 0 Å². The number of ether oxygens (including phenoxy) is 1. The number of nitrogens with zero attached hydrogens (tertiary/aromatic N) is 2. The number of nitro groups is 1. The molecule has 13 heteroatoms. The van der Waals surface area contributed by atoms with Gasteiger partial charge in [0.15, 0.2) is 5.16 Å². The van der Waals surface area contributed by atoms with Crippen LogP contribution in [0, 0.1) is 15.9 Å². The van der Waals surface area contributed by atoms with Crippen LogP contribution in [-0.4, -0.2) is 44.2 Å². The Morgan fingerprint density at radius 1 is 1.47 bits per heavy atom. The first-order valence-corrected chi connectivity index (χ1v) is 9.34. The summed E-state index contributed by atoms with van der Waals surface area (Å²) < 4.78 is 18.0. The van der Waals surface area contributed by atoms with Gasteiger partial charge < -0.3 is 20.1 Å². The van der Waals surface area contributed by atoms with Gasteiger partial charge in [-0.2, -0.15) is 9.37 Å². The van der Waals surface area contributed by atoms with Crippen LogP contribution in [-0.2, 0) is 20.7 Å². The number of benzene rings is 1. The predicted octanol–water partition coefficient (Wildman–Crippen LogP) is 1.75. The molecule has 0 aliphatic carbocycles. The number of rotatable bonds is 8. The van der Waals surface area contributed by atoms with E-state index in [1.54, 1.807) is 6.92 Å². The van der Waals surface area contributed by atoms with Crippen molar-refractivity contribution < 1.29 is 28.7 Å². The SMILES string of the molecule is CCc1c(O)nc(SC(CC(=O)OC)C(=O)Nc2ccc(F)c([N+](=O)[O-])c2)[nH]c1=O. The fourth-order valence-electron chi connectivity index (χ4n) is 2.35. The molecule has 11 nitrogen and oxygen atoms in total.